The first kappa shape index (κ1) is 19.3. The molecule has 1 amide bonds. The fraction of sp³-hybridized carbons (Fsp3) is 0.421. The number of aliphatic carboxylic acids is 1. The molecule has 0 radical (unpaired) electrons. The zero-order valence-electron chi connectivity index (χ0n) is 15.1. The number of carbonyl (C=O) groups is 2. The van der Waals surface area contributed by atoms with Crippen molar-refractivity contribution in [2.24, 2.45) is 0 Å². The molecule has 2 aromatic rings. The molecule has 7 nitrogen and oxygen atoms in total. The number of hydrogen-bond donors (Lipinski definition) is 2. The van der Waals surface area contributed by atoms with Gasteiger partial charge in [-0.25, -0.2) is 4.98 Å². The van der Waals surface area contributed by atoms with Crippen LogP contribution in [0.3, 0.4) is 0 Å². The van der Waals surface area contributed by atoms with Gasteiger partial charge in [0.25, 0.3) is 5.91 Å². The minimum atomic E-state index is -0.966. The number of amides is 1. The molecule has 8 heteroatoms. The summed E-state index contributed by atoms with van der Waals surface area (Å²) < 4.78 is 11.1. The summed E-state index contributed by atoms with van der Waals surface area (Å²) in [6.45, 7) is 3.04. The van der Waals surface area contributed by atoms with Crippen LogP contribution in [-0.2, 0) is 16.1 Å². The standard InChI is InChI=1S/C19H22N2O5S/c1-13-3-5-14(6-4-13)26-10-16-20-15(11-27-16)18(24)21-19(9-17(22)23)7-2-8-25-12-19/h3-6,11H,2,7-10,12H2,1H3,(H,21,24)(H,22,23). The minimum absolute atomic E-state index is 0.174. The van der Waals surface area contributed by atoms with Crippen molar-refractivity contribution in [3.63, 3.8) is 0 Å². The predicted octanol–water partition coefficient (Wildman–Crippen LogP) is 2.78. The van der Waals surface area contributed by atoms with Crippen molar-refractivity contribution in [2.75, 3.05) is 13.2 Å². The molecule has 1 atom stereocenters. The van der Waals surface area contributed by atoms with Gasteiger partial charge in [-0.05, 0) is 31.9 Å². The number of carboxylic acids is 1. The summed E-state index contributed by atoms with van der Waals surface area (Å²) >= 11 is 1.33. The van der Waals surface area contributed by atoms with Gasteiger partial charge in [0, 0.05) is 12.0 Å². The first-order valence-corrected chi connectivity index (χ1v) is 9.60. The third-order valence-electron chi connectivity index (χ3n) is 4.36. The molecule has 144 valence electrons. The Labute approximate surface area is 161 Å². The summed E-state index contributed by atoms with van der Waals surface area (Å²) in [6.07, 6.45) is 1.10. The van der Waals surface area contributed by atoms with Crippen molar-refractivity contribution in [3.8, 4) is 5.75 Å². The summed E-state index contributed by atoms with van der Waals surface area (Å²) in [5.41, 5.74) is 0.527. The Kier molecular flexibility index (Phi) is 6.08. The number of aromatic nitrogens is 1. The highest BCUT2D eigenvalue weighted by Crippen LogP contribution is 2.24. The second-order valence-corrected chi connectivity index (χ2v) is 7.63. The number of carbonyl (C=O) groups excluding carboxylic acids is 1. The maximum atomic E-state index is 12.6. The SMILES string of the molecule is Cc1ccc(OCc2nc(C(=O)NC3(CC(=O)O)CCCOC3)cs2)cc1. The van der Waals surface area contributed by atoms with Crippen molar-refractivity contribution in [1.29, 1.82) is 0 Å². The molecule has 1 aliphatic heterocycles. The number of nitrogens with zero attached hydrogens (tertiary/aromatic N) is 1. The number of ether oxygens (including phenoxy) is 2. The van der Waals surface area contributed by atoms with Gasteiger partial charge in [-0.1, -0.05) is 17.7 Å². The number of aryl methyl sites for hydroxylation is 1. The topological polar surface area (TPSA) is 97.8 Å². The summed E-state index contributed by atoms with van der Waals surface area (Å²) in [6, 6.07) is 7.69. The molecule has 1 saturated heterocycles. The summed E-state index contributed by atoms with van der Waals surface area (Å²) in [5, 5.41) is 14.3. The first-order chi connectivity index (χ1) is 13.0. The lowest BCUT2D eigenvalue weighted by Gasteiger charge is -2.36. The molecular formula is C19H22N2O5S. The van der Waals surface area contributed by atoms with Crippen LogP contribution in [0, 0.1) is 6.92 Å². The molecule has 1 aromatic heterocycles. The number of rotatable bonds is 7. The van der Waals surface area contributed by atoms with Gasteiger partial charge in [-0.15, -0.1) is 11.3 Å². The molecule has 0 spiro atoms. The van der Waals surface area contributed by atoms with E-state index in [-0.39, 0.29) is 31.2 Å². The van der Waals surface area contributed by atoms with Crippen LogP contribution in [0.4, 0.5) is 0 Å². The minimum Gasteiger partial charge on any atom is -0.486 e. The molecule has 3 rings (SSSR count). The molecule has 0 bridgehead atoms. The fourth-order valence-electron chi connectivity index (χ4n) is 2.99. The Hall–Kier alpha value is -2.45. The lowest BCUT2D eigenvalue weighted by atomic mass is 9.88. The Bertz CT molecular complexity index is 797. The van der Waals surface area contributed by atoms with Crippen LogP contribution in [0.25, 0.3) is 0 Å². The highest BCUT2D eigenvalue weighted by molar-refractivity contribution is 7.09. The Morgan fingerprint density at radius 2 is 2.15 bits per heavy atom. The van der Waals surface area contributed by atoms with Crippen LogP contribution >= 0.6 is 11.3 Å². The van der Waals surface area contributed by atoms with Crippen LogP contribution in [0.1, 0.15) is 40.3 Å². The maximum absolute atomic E-state index is 12.6. The second-order valence-electron chi connectivity index (χ2n) is 6.69. The maximum Gasteiger partial charge on any atom is 0.305 e. The predicted molar refractivity (Wildman–Crippen MR) is 100 cm³/mol. The van der Waals surface area contributed by atoms with E-state index in [4.69, 9.17) is 9.47 Å². The van der Waals surface area contributed by atoms with Crippen molar-refractivity contribution in [3.05, 3.63) is 45.9 Å². The van der Waals surface area contributed by atoms with Gasteiger partial charge >= 0.3 is 5.97 Å². The summed E-state index contributed by atoms with van der Waals surface area (Å²) in [4.78, 5) is 28.1. The van der Waals surface area contributed by atoms with Gasteiger partial charge in [0.2, 0.25) is 0 Å². The van der Waals surface area contributed by atoms with E-state index in [1.165, 1.54) is 11.3 Å². The molecule has 2 N–H and O–H groups in total. The van der Waals surface area contributed by atoms with E-state index in [0.29, 0.717) is 24.5 Å². The van der Waals surface area contributed by atoms with E-state index in [0.717, 1.165) is 11.3 Å². The summed E-state index contributed by atoms with van der Waals surface area (Å²) in [7, 11) is 0. The molecule has 1 aromatic carbocycles. The fourth-order valence-corrected chi connectivity index (χ4v) is 3.68. The van der Waals surface area contributed by atoms with Gasteiger partial charge < -0.3 is 19.9 Å². The molecular weight excluding hydrogens is 368 g/mol. The Morgan fingerprint density at radius 1 is 1.37 bits per heavy atom. The van der Waals surface area contributed by atoms with Crippen molar-refractivity contribution in [2.45, 2.75) is 38.3 Å². The van der Waals surface area contributed by atoms with Gasteiger partial charge in [0.1, 0.15) is 23.1 Å². The monoisotopic (exact) mass is 390 g/mol. The average molecular weight is 390 g/mol. The van der Waals surface area contributed by atoms with Crippen LogP contribution in [0.5, 0.6) is 5.75 Å². The van der Waals surface area contributed by atoms with Crippen LogP contribution in [-0.4, -0.2) is 40.7 Å². The smallest absolute Gasteiger partial charge is 0.305 e. The third kappa shape index (κ3) is 5.27. The normalized spacial score (nSPS) is 19.4. The van der Waals surface area contributed by atoms with Gasteiger partial charge in [0.15, 0.2) is 0 Å². The van der Waals surface area contributed by atoms with Gasteiger partial charge in [-0.3, -0.25) is 9.59 Å². The quantitative estimate of drug-likeness (QED) is 0.754. The highest BCUT2D eigenvalue weighted by atomic mass is 32.1. The third-order valence-corrected chi connectivity index (χ3v) is 5.18. The highest BCUT2D eigenvalue weighted by Gasteiger charge is 2.37. The zero-order chi connectivity index (χ0) is 19.3. The van der Waals surface area contributed by atoms with Crippen LogP contribution in [0.2, 0.25) is 0 Å². The van der Waals surface area contributed by atoms with Crippen molar-refractivity contribution < 1.29 is 24.2 Å². The number of carboxylic acid groups (broad SMARTS) is 1. The van der Waals surface area contributed by atoms with Crippen molar-refractivity contribution >= 4 is 23.2 Å². The van der Waals surface area contributed by atoms with Crippen LogP contribution < -0.4 is 10.1 Å². The van der Waals surface area contributed by atoms with Gasteiger partial charge in [-0.2, -0.15) is 0 Å². The molecule has 27 heavy (non-hydrogen) atoms. The van der Waals surface area contributed by atoms with Crippen molar-refractivity contribution in [1.82, 2.24) is 10.3 Å². The number of nitrogens with one attached hydrogen (secondary N) is 1. The molecule has 0 aliphatic carbocycles. The van der Waals surface area contributed by atoms with E-state index in [2.05, 4.69) is 10.3 Å². The van der Waals surface area contributed by atoms with E-state index in [1.54, 1.807) is 5.38 Å². The van der Waals surface area contributed by atoms with Gasteiger partial charge in [0.05, 0.1) is 18.6 Å². The molecule has 1 aliphatic rings. The molecule has 0 saturated carbocycles. The molecule has 1 unspecified atom stereocenters. The van der Waals surface area contributed by atoms with E-state index < -0.39 is 11.5 Å². The molecule has 2 heterocycles. The lowest BCUT2D eigenvalue weighted by molar-refractivity contribution is -0.140. The number of hydrogen-bond acceptors (Lipinski definition) is 6. The molecule has 1 fully saturated rings. The second kappa shape index (κ2) is 8.49. The Morgan fingerprint density at radius 3 is 2.81 bits per heavy atom. The van der Waals surface area contributed by atoms with Crippen LogP contribution in [0.15, 0.2) is 29.6 Å². The number of benzene rings is 1. The zero-order valence-corrected chi connectivity index (χ0v) is 15.9. The van der Waals surface area contributed by atoms with E-state index >= 15 is 0 Å². The number of thiazole rings is 1. The lowest BCUT2D eigenvalue weighted by Crippen LogP contribution is -2.55. The Balaban J connectivity index is 1.61. The average Bonchev–Trinajstić information content (AvgIpc) is 3.10. The summed E-state index contributed by atoms with van der Waals surface area (Å²) in [5.74, 6) is -0.618. The first-order valence-electron chi connectivity index (χ1n) is 8.72. The van der Waals surface area contributed by atoms with E-state index in [9.17, 15) is 14.7 Å². The largest absolute Gasteiger partial charge is 0.486 e. The van der Waals surface area contributed by atoms with E-state index in [1.807, 2.05) is 31.2 Å².